The molecule has 5 N–H and O–H groups in total. The molecule has 5 rings (SSSR count). The summed E-state index contributed by atoms with van der Waals surface area (Å²) in [5, 5.41) is 24.8. The number of aliphatic hydroxyl groups excluding tert-OH is 1. The highest BCUT2D eigenvalue weighted by Gasteiger charge is 2.52. The maximum Gasteiger partial charge on any atom is 0.264 e. The SMILES string of the molecule is C[C@@H](/C=C/CC(=O)N(CCO)Cc1ccccc1)[C@]1(O)C(=O)N(Cc2cccc(NC(=O)c3ccc(N)cc3)c2)c2ccc(Cl)cc21. The predicted molar refractivity (Wildman–Crippen MR) is 184 cm³/mol. The van der Waals surface area contributed by atoms with Crippen LogP contribution >= 0.6 is 11.6 Å². The van der Waals surface area contributed by atoms with Gasteiger partial charge in [0, 0.05) is 53.0 Å². The third-order valence-corrected chi connectivity index (χ3v) is 8.48. The molecular formula is C37H37ClN4O5. The zero-order valence-corrected chi connectivity index (χ0v) is 26.7. The van der Waals surface area contributed by atoms with Gasteiger partial charge in [0.05, 0.1) is 18.8 Å². The minimum absolute atomic E-state index is 0.0302. The maximum atomic E-state index is 14.0. The van der Waals surface area contributed by atoms with Crippen molar-refractivity contribution < 1.29 is 24.6 Å². The van der Waals surface area contributed by atoms with E-state index in [9.17, 15) is 24.6 Å². The van der Waals surface area contributed by atoms with Gasteiger partial charge in [-0.2, -0.15) is 0 Å². The first-order valence-corrected chi connectivity index (χ1v) is 15.7. The van der Waals surface area contributed by atoms with Crippen molar-refractivity contribution in [1.29, 1.82) is 0 Å². The second-order valence-corrected chi connectivity index (χ2v) is 12.0. The Balaban J connectivity index is 1.31. The van der Waals surface area contributed by atoms with E-state index in [1.54, 1.807) is 84.6 Å². The topological polar surface area (TPSA) is 136 Å². The zero-order valence-electron chi connectivity index (χ0n) is 26.0. The van der Waals surface area contributed by atoms with Gasteiger partial charge in [-0.15, -0.1) is 0 Å². The summed E-state index contributed by atoms with van der Waals surface area (Å²) >= 11 is 6.34. The molecule has 3 amide bonds. The number of fused-ring (bicyclic) bond motifs is 1. The number of anilines is 3. The Labute approximate surface area is 278 Å². The summed E-state index contributed by atoms with van der Waals surface area (Å²) in [6.07, 6.45) is 3.34. The van der Waals surface area contributed by atoms with Gasteiger partial charge in [-0.1, -0.05) is 73.1 Å². The lowest BCUT2D eigenvalue weighted by atomic mass is 9.83. The number of nitrogens with one attached hydrogen (secondary N) is 1. The summed E-state index contributed by atoms with van der Waals surface area (Å²) in [6.45, 7) is 2.23. The maximum absolute atomic E-state index is 14.0. The van der Waals surface area contributed by atoms with E-state index in [1.165, 1.54) is 4.90 Å². The quantitative estimate of drug-likeness (QED) is 0.118. The second-order valence-electron chi connectivity index (χ2n) is 11.5. The van der Waals surface area contributed by atoms with Crippen molar-refractivity contribution in [2.75, 3.05) is 29.1 Å². The van der Waals surface area contributed by atoms with Crippen LogP contribution in [0.1, 0.15) is 40.4 Å². The Hall–Kier alpha value is -4.96. The number of hydrogen-bond acceptors (Lipinski definition) is 6. The van der Waals surface area contributed by atoms with Crippen molar-refractivity contribution in [1.82, 2.24) is 4.90 Å². The van der Waals surface area contributed by atoms with Crippen molar-refractivity contribution in [3.05, 3.63) is 136 Å². The van der Waals surface area contributed by atoms with Crippen molar-refractivity contribution in [3.8, 4) is 0 Å². The summed E-state index contributed by atoms with van der Waals surface area (Å²) in [5.74, 6) is -1.73. The van der Waals surface area contributed by atoms with Crippen LogP contribution in [0.5, 0.6) is 0 Å². The molecule has 0 aromatic heterocycles. The van der Waals surface area contributed by atoms with Gasteiger partial charge in [0.2, 0.25) is 5.91 Å². The largest absolute Gasteiger partial charge is 0.399 e. The highest BCUT2D eigenvalue weighted by molar-refractivity contribution is 6.31. The van der Waals surface area contributed by atoms with Crippen LogP contribution in [0.4, 0.5) is 17.1 Å². The van der Waals surface area contributed by atoms with E-state index in [-0.39, 0.29) is 37.9 Å². The van der Waals surface area contributed by atoms with Gasteiger partial charge in [-0.25, -0.2) is 0 Å². The summed E-state index contributed by atoms with van der Waals surface area (Å²) < 4.78 is 0. The van der Waals surface area contributed by atoms with Crippen molar-refractivity contribution in [3.63, 3.8) is 0 Å². The Morgan fingerprint density at radius 3 is 2.45 bits per heavy atom. The number of hydrogen-bond donors (Lipinski definition) is 4. The molecule has 1 heterocycles. The van der Waals surface area contributed by atoms with Crippen LogP contribution in [0.2, 0.25) is 5.02 Å². The standard InChI is InChI=1S/C37H37ClN4O5/c1-25(7-5-12-34(44)41(19-20-43)23-26-8-3-2-4-9-26)37(47)32-22-29(38)15-18-33(32)42(36(37)46)24-27-10-6-11-31(21-27)40-35(45)28-13-16-30(39)17-14-28/h2-11,13-18,21-22,25,43,47H,12,19-20,23-24,39H2,1H3,(H,40,45)/b7-5+/t25-,37+/m0/s1. The third-order valence-electron chi connectivity index (χ3n) is 8.24. The number of amides is 3. The Kier molecular flexibility index (Phi) is 10.4. The predicted octanol–water partition coefficient (Wildman–Crippen LogP) is 5.51. The molecule has 4 aromatic carbocycles. The first kappa shape index (κ1) is 33.4. The van der Waals surface area contributed by atoms with Crippen LogP contribution in [0, 0.1) is 5.92 Å². The molecule has 47 heavy (non-hydrogen) atoms. The van der Waals surface area contributed by atoms with Gasteiger partial charge < -0.3 is 31.1 Å². The molecule has 242 valence electrons. The normalized spacial score (nSPS) is 16.3. The molecule has 2 atom stereocenters. The number of nitrogens with two attached hydrogens (primary N) is 1. The number of carbonyl (C=O) groups is 3. The molecule has 9 nitrogen and oxygen atoms in total. The lowest BCUT2D eigenvalue weighted by Gasteiger charge is -2.28. The first-order valence-electron chi connectivity index (χ1n) is 15.3. The van der Waals surface area contributed by atoms with Crippen LogP contribution in [0.15, 0.2) is 109 Å². The average molecular weight is 653 g/mol. The molecule has 4 aromatic rings. The van der Waals surface area contributed by atoms with Gasteiger partial charge >= 0.3 is 0 Å². The molecule has 1 aliphatic heterocycles. The van der Waals surface area contributed by atoms with E-state index in [0.717, 1.165) is 11.1 Å². The highest BCUT2D eigenvalue weighted by atomic mass is 35.5. The number of benzene rings is 4. The molecule has 10 heteroatoms. The Morgan fingerprint density at radius 1 is 1.00 bits per heavy atom. The lowest BCUT2D eigenvalue weighted by molar-refractivity contribution is -0.139. The Bertz CT molecular complexity index is 1780. The van der Waals surface area contributed by atoms with E-state index in [4.69, 9.17) is 17.3 Å². The number of nitrogen functional groups attached to an aromatic ring is 1. The second kappa shape index (κ2) is 14.6. The van der Waals surface area contributed by atoms with E-state index in [1.807, 2.05) is 36.4 Å². The average Bonchev–Trinajstić information content (AvgIpc) is 3.27. The molecule has 1 aliphatic rings. The zero-order chi connectivity index (χ0) is 33.6. The van der Waals surface area contributed by atoms with Gasteiger partial charge in [-0.05, 0) is 65.7 Å². The highest BCUT2D eigenvalue weighted by Crippen LogP contribution is 2.46. The molecular weight excluding hydrogens is 616 g/mol. The van der Waals surface area contributed by atoms with Gasteiger partial charge in [0.25, 0.3) is 11.8 Å². The molecule has 0 spiro atoms. The fourth-order valence-corrected chi connectivity index (χ4v) is 5.87. The monoisotopic (exact) mass is 652 g/mol. The van der Waals surface area contributed by atoms with E-state index < -0.39 is 17.4 Å². The van der Waals surface area contributed by atoms with E-state index >= 15 is 0 Å². The summed E-state index contributed by atoms with van der Waals surface area (Å²) in [4.78, 5) is 42.9. The smallest absolute Gasteiger partial charge is 0.264 e. The number of aliphatic hydroxyl groups is 2. The van der Waals surface area contributed by atoms with E-state index in [2.05, 4.69) is 5.32 Å². The van der Waals surface area contributed by atoms with Gasteiger partial charge in [0.15, 0.2) is 5.60 Å². The molecule has 0 fully saturated rings. The fraction of sp³-hybridized carbons (Fsp3) is 0.216. The number of rotatable bonds is 12. The van der Waals surface area contributed by atoms with E-state index in [0.29, 0.717) is 39.8 Å². The lowest BCUT2D eigenvalue weighted by Crippen LogP contribution is -2.44. The van der Waals surface area contributed by atoms with Crippen LogP contribution < -0.4 is 16.0 Å². The Morgan fingerprint density at radius 2 is 1.72 bits per heavy atom. The molecule has 0 saturated carbocycles. The van der Waals surface area contributed by atoms with Crippen LogP contribution in [-0.4, -0.2) is 46.0 Å². The minimum atomic E-state index is -1.93. The van der Waals surface area contributed by atoms with Crippen molar-refractivity contribution in [2.24, 2.45) is 5.92 Å². The molecule has 0 aliphatic carbocycles. The van der Waals surface area contributed by atoms with Crippen LogP contribution in [-0.2, 0) is 28.3 Å². The van der Waals surface area contributed by atoms with Crippen molar-refractivity contribution in [2.45, 2.75) is 32.0 Å². The number of halogens is 1. The number of carbonyl (C=O) groups excluding carboxylic acids is 3. The molecule has 0 unspecified atom stereocenters. The fourth-order valence-electron chi connectivity index (χ4n) is 5.70. The minimum Gasteiger partial charge on any atom is -0.399 e. The summed E-state index contributed by atoms with van der Waals surface area (Å²) in [6, 6.07) is 28.2. The molecule has 0 radical (unpaired) electrons. The van der Waals surface area contributed by atoms with Gasteiger partial charge in [0.1, 0.15) is 0 Å². The molecule has 0 saturated heterocycles. The molecule has 0 bridgehead atoms. The third kappa shape index (κ3) is 7.55. The summed E-state index contributed by atoms with van der Waals surface area (Å²) in [7, 11) is 0. The number of nitrogens with zero attached hydrogens (tertiary/aromatic N) is 2. The first-order chi connectivity index (χ1) is 22.6. The van der Waals surface area contributed by atoms with Crippen molar-refractivity contribution >= 4 is 46.4 Å². The summed E-state index contributed by atoms with van der Waals surface area (Å²) in [5.41, 5.74) is 7.93. The van der Waals surface area contributed by atoms with Crippen LogP contribution in [0.25, 0.3) is 0 Å². The van der Waals surface area contributed by atoms with Crippen LogP contribution in [0.3, 0.4) is 0 Å². The van der Waals surface area contributed by atoms with Gasteiger partial charge in [-0.3, -0.25) is 14.4 Å².